The maximum atomic E-state index is 6.36. The SMILES string of the molecule is COC1CCCC1n1c(CCl)nc2cccc(Cl)c21. The van der Waals surface area contributed by atoms with E-state index in [0.29, 0.717) is 5.88 Å². The fraction of sp³-hybridized carbons (Fsp3) is 0.500. The lowest BCUT2D eigenvalue weighted by molar-refractivity contribution is 0.0755. The number of methoxy groups -OCH3 is 1. The van der Waals surface area contributed by atoms with Crippen molar-refractivity contribution in [1.82, 2.24) is 9.55 Å². The van der Waals surface area contributed by atoms with E-state index in [2.05, 4.69) is 9.55 Å². The van der Waals surface area contributed by atoms with Crippen LogP contribution in [0.2, 0.25) is 5.02 Å². The number of nitrogens with zero attached hydrogens (tertiary/aromatic N) is 2. The van der Waals surface area contributed by atoms with E-state index in [1.54, 1.807) is 7.11 Å². The van der Waals surface area contributed by atoms with Crippen molar-refractivity contribution in [3.8, 4) is 0 Å². The molecule has 1 heterocycles. The Morgan fingerprint density at radius 1 is 1.42 bits per heavy atom. The van der Waals surface area contributed by atoms with Crippen LogP contribution in [0.1, 0.15) is 31.1 Å². The molecule has 1 aliphatic carbocycles. The number of rotatable bonds is 3. The molecule has 0 bridgehead atoms. The van der Waals surface area contributed by atoms with Crippen LogP contribution in [0.25, 0.3) is 11.0 Å². The third-order valence-electron chi connectivity index (χ3n) is 3.91. The van der Waals surface area contributed by atoms with E-state index in [4.69, 9.17) is 27.9 Å². The van der Waals surface area contributed by atoms with Gasteiger partial charge < -0.3 is 9.30 Å². The summed E-state index contributed by atoms with van der Waals surface area (Å²) in [6, 6.07) is 6.08. The van der Waals surface area contributed by atoms with Crippen molar-refractivity contribution in [2.45, 2.75) is 37.3 Å². The van der Waals surface area contributed by atoms with Gasteiger partial charge in [-0.2, -0.15) is 0 Å². The Morgan fingerprint density at radius 2 is 2.26 bits per heavy atom. The highest BCUT2D eigenvalue weighted by atomic mass is 35.5. The average molecular weight is 299 g/mol. The largest absolute Gasteiger partial charge is 0.379 e. The molecule has 2 atom stereocenters. The van der Waals surface area contributed by atoms with Gasteiger partial charge in [0.2, 0.25) is 0 Å². The summed E-state index contributed by atoms with van der Waals surface area (Å²) in [7, 11) is 1.77. The molecule has 1 fully saturated rings. The van der Waals surface area contributed by atoms with Crippen LogP contribution in [0.4, 0.5) is 0 Å². The van der Waals surface area contributed by atoms with Crippen LogP contribution in [0, 0.1) is 0 Å². The van der Waals surface area contributed by atoms with E-state index in [9.17, 15) is 0 Å². The highest BCUT2D eigenvalue weighted by Gasteiger charge is 2.31. The fourth-order valence-electron chi connectivity index (χ4n) is 3.08. The van der Waals surface area contributed by atoms with Gasteiger partial charge >= 0.3 is 0 Å². The second-order valence-electron chi connectivity index (χ2n) is 4.91. The molecule has 0 aliphatic heterocycles. The van der Waals surface area contributed by atoms with Gasteiger partial charge in [0, 0.05) is 7.11 Å². The second kappa shape index (κ2) is 5.31. The second-order valence-corrected chi connectivity index (χ2v) is 5.59. The molecule has 3 nitrogen and oxygen atoms in total. The molecule has 0 amide bonds. The lowest BCUT2D eigenvalue weighted by atomic mass is 10.2. The van der Waals surface area contributed by atoms with Crippen LogP contribution in [0.15, 0.2) is 18.2 Å². The molecular weight excluding hydrogens is 283 g/mol. The Labute approximate surface area is 122 Å². The Balaban J connectivity index is 2.20. The minimum Gasteiger partial charge on any atom is -0.379 e. The Bertz CT molecular complexity index is 596. The van der Waals surface area contributed by atoms with Crippen molar-refractivity contribution >= 4 is 34.2 Å². The smallest absolute Gasteiger partial charge is 0.125 e. The van der Waals surface area contributed by atoms with Crippen LogP contribution in [-0.2, 0) is 10.6 Å². The minimum atomic E-state index is 0.218. The topological polar surface area (TPSA) is 27.1 Å². The number of imidazole rings is 1. The molecule has 2 unspecified atom stereocenters. The molecule has 102 valence electrons. The Kier molecular flexibility index (Phi) is 3.70. The van der Waals surface area contributed by atoms with E-state index in [-0.39, 0.29) is 12.1 Å². The molecule has 1 aromatic heterocycles. The molecule has 0 spiro atoms. The van der Waals surface area contributed by atoms with E-state index < -0.39 is 0 Å². The molecule has 1 aromatic carbocycles. The summed E-state index contributed by atoms with van der Waals surface area (Å²) < 4.78 is 7.79. The summed E-state index contributed by atoms with van der Waals surface area (Å²) in [6.07, 6.45) is 3.54. The quantitative estimate of drug-likeness (QED) is 0.795. The molecular formula is C14H16Cl2N2O. The minimum absolute atomic E-state index is 0.218. The molecule has 0 radical (unpaired) electrons. The van der Waals surface area contributed by atoms with Gasteiger partial charge in [-0.05, 0) is 31.4 Å². The highest BCUT2D eigenvalue weighted by Crippen LogP contribution is 2.37. The van der Waals surface area contributed by atoms with Gasteiger partial charge in [0.25, 0.3) is 0 Å². The van der Waals surface area contributed by atoms with Crippen molar-refractivity contribution in [3.05, 3.63) is 29.0 Å². The van der Waals surface area contributed by atoms with Gasteiger partial charge in [-0.15, -0.1) is 11.6 Å². The van der Waals surface area contributed by atoms with Crippen molar-refractivity contribution in [3.63, 3.8) is 0 Å². The van der Waals surface area contributed by atoms with Crippen molar-refractivity contribution in [1.29, 1.82) is 0 Å². The van der Waals surface area contributed by atoms with Crippen LogP contribution in [-0.4, -0.2) is 22.8 Å². The zero-order valence-electron chi connectivity index (χ0n) is 10.8. The number of halogens is 2. The predicted octanol–water partition coefficient (Wildman–Crippen LogP) is 4.17. The van der Waals surface area contributed by atoms with Crippen LogP contribution in [0.5, 0.6) is 0 Å². The maximum Gasteiger partial charge on any atom is 0.125 e. The lowest BCUT2D eigenvalue weighted by Gasteiger charge is -2.22. The first kappa shape index (κ1) is 13.2. The van der Waals surface area contributed by atoms with Crippen molar-refractivity contribution in [2.24, 2.45) is 0 Å². The van der Waals surface area contributed by atoms with E-state index >= 15 is 0 Å². The molecule has 3 rings (SSSR count). The zero-order valence-corrected chi connectivity index (χ0v) is 12.3. The third kappa shape index (κ3) is 2.14. The van der Waals surface area contributed by atoms with Gasteiger partial charge in [0.1, 0.15) is 5.82 Å². The molecule has 1 saturated carbocycles. The van der Waals surface area contributed by atoms with E-state index in [1.807, 2.05) is 18.2 Å². The normalized spacial score (nSPS) is 23.3. The molecule has 0 saturated heterocycles. The first-order valence-corrected chi connectivity index (χ1v) is 7.41. The highest BCUT2D eigenvalue weighted by molar-refractivity contribution is 6.35. The van der Waals surface area contributed by atoms with Crippen molar-refractivity contribution in [2.75, 3.05) is 7.11 Å². The summed E-state index contributed by atoms with van der Waals surface area (Å²) in [5.41, 5.74) is 1.89. The summed E-state index contributed by atoms with van der Waals surface area (Å²) in [4.78, 5) is 4.60. The monoisotopic (exact) mass is 298 g/mol. The number of ether oxygens (including phenoxy) is 1. The molecule has 2 aromatic rings. The van der Waals surface area contributed by atoms with Gasteiger partial charge in [0.05, 0.1) is 34.1 Å². The first-order valence-electron chi connectivity index (χ1n) is 6.50. The Morgan fingerprint density at radius 3 is 3.00 bits per heavy atom. The van der Waals surface area contributed by atoms with Crippen molar-refractivity contribution < 1.29 is 4.74 Å². The third-order valence-corrected chi connectivity index (χ3v) is 4.45. The Hall–Kier alpha value is -0.770. The van der Waals surface area contributed by atoms with E-state index in [0.717, 1.165) is 41.1 Å². The van der Waals surface area contributed by atoms with Gasteiger partial charge in [0.15, 0.2) is 0 Å². The number of hydrogen-bond donors (Lipinski definition) is 0. The van der Waals surface area contributed by atoms with E-state index in [1.165, 1.54) is 0 Å². The zero-order chi connectivity index (χ0) is 13.4. The number of alkyl halides is 1. The maximum absolute atomic E-state index is 6.36. The van der Waals surface area contributed by atoms with Gasteiger partial charge in [-0.3, -0.25) is 0 Å². The molecule has 0 N–H and O–H groups in total. The van der Waals surface area contributed by atoms with Gasteiger partial charge in [-0.1, -0.05) is 17.7 Å². The summed E-state index contributed by atoms with van der Waals surface area (Å²) in [6.45, 7) is 0. The number of para-hydroxylation sites is 1. The van der Waals surface area contributed by atoms with Crippen LogP contribution < -0.4 is 0 Å². The standard InChI is InChI=1S/C14H16Cl2N2O/c1-19-12-7-3-6-11(12)18-13(8-15)17-10-5-2-4-9(16)14(10)18/h2,4-5,11-12H,3,6-8H2,1H3. The number of aromatic nitrogens is 2. The number of fused-ring (bicyclic) bond motifs is 1. The lowest BCUT2D eigenvalue weighted by Crippen LogP contribution is -2.22. The molecule has 19 heavy (non-hydrogen) atoms. The molecule has 1 aliphatic rings. The predicted molar refractivity (Wildman–Crippen MR) is 78.0 cm³/mol. The van der Waals surface area contributed by atoms with Gasteiger partial charge in [-0.25, -0.2) is 4.98 Å². The number of benzene rings is 1. The molecule has 5 heteroatoms. The number of hydrogen-bond acceptors (Lipinski definition) is 2. The van der Waals surface area contributed by atoms with Crippen LogP contribution in [0.3, 0.4) is 0 Å². The van der Waals surface area contributed by atoms with Crippen LogP contribution >= 0.6 is 23.2 Å². The summed E-state index contributed by atoms with van der Waals surface area (Å²) in [5, 5.41) is 0.725. The summed E-state index contributed by atoms with van der Waals surface area (Å²) >= 11 is 12.4. The fourth-order valence-corrected chi connectivity index (χ4v) is 3.53. The summed E-state index contributed by atoms with van der Waals surface area (Å²) in [5.74, 6) is 1.26. The average Bonchev–Trinajstić information content (AvgIpc) is 3.01. The first-order chi connectivity index (χ1) is 9.26.